The molecule has 0 aliphatic carbocycles. The van der Waals surface area contributed by atoms with Crippen LogP contribution in [0, 0.1) is 5.92 Å². The molecular formula is C17H15N3O2. The van der Waals surface area contributed by atoms with E-state index in [-0.39, 0.29) is 24.0 Å². The summed E-state index contributed by atoms with van der Waals surface area (Å²) in [5.41, 5.74) is 0. The Bertz CT molecular complexity index is 663. The van der Waals surface area contributed by atoms with Crippen molar-refractivity contribution in [3.8, 4) is 0 Å². The Hall–Kier alpha value is -2.53. The van der Waals surface area contributed by atoms with Gasteiger partial charge in [0.25, 0.3) is 0 Å². The van der Waals surface area contributed by atoms with Gasteiger partial charge in [-0.1, -0.05) is 24.3 Å². The highest BCUT2D eigenvalue weighted by atomic mass is 16.5. The fourth-order valence-corrected chi connectivity index (χ4v) is 3.00. The number of carbonyl (C=O) groups excluding carboxylic acids is 1. The van der Waals surface area contributed by atoms with Crippen molar-refractivity contribution in [2.75, 3.05) is 4.90 Å². The molecule has 1 saturated heterocycles. The van der Waals surface area contributed by atoms with Crippen LogP contribution in [0.15, 0.2) is 60.9 Å². The smallest absolute Gasteiger partial charge is 0.240 e. The zero-order valence-corrected chi connectivity index (χ0v) is 11.9. The van der Waals surface area contributed by atoms with Crippen LogP contribution in [-0.4, -0.2) is 28.1 Å². The topological polar surface area (TPSA) is 55.3 Å². The lowest BCUT2D eigenvalue weighted by Gasteiger charge is -2.25. The van der Waals surface area contributed by atoms with Crippen LogP contribution in [0.4, 0.5) is 11.6 Å². The Morgan fingerprint density at radius 1 is 1.05 bits per heavy atom. The van der Waals surface area contributed by atoms with Gasteiger partial charge in [0.1, 0.15) is 11.6 Å². The monoisotopic (exact) mass is 293 g/mol. The largest absolute Gasteiger partial charge is 0.366 e. The van der Waals surface area contributed by atoms with E-state index < -0.39 is 0 Å². The molecule has 2 aromatic heterocycles. The van der Waals surface area contributed by atoms with E-state index in [0.717, 1.165) is 6.42 Å². The Morgan fingerprint density at radius 3 is 2.18 bits per heavy atom. The molecule has 4 rings (SSSR count). The number of carbonyl (C=O) groups is 1. The second kappa shape index (κ2) is 5.35. The molecule has 4 heterocycles. The van der Waals surface area contributed by atoms with Gasteiger partial charge in [-0.25, -0.2) is 14.9 Å². The van der Waals surface area contributed by atoms with Crippen molar-refractivity contribution in [2.24, 2.45) is 5.92 Å². The molecule has 5 nitrogen and oxygen atoms in total. The van der Waals surface area contributed by atoms with E-state index in [1.54, 1.807) is 17.3 Å². The first-order valence-corrected chi connectivity index (χ1v) is 7.33. The number of amides is 1. The average molecular weight is 293 g/mol. The van der Waals surface area contributed by atoms with E-state index >= 15 is 0 Å². The van der Waals surface area contributed by atoms with Gasteiger partial charge in [-0.3, -0.25) is 4.79 Å². The quantitative estimate of drug-likeness (QED) is 0.816. The van der Waals surface area contributed by atoms with Gasteiger partial charge in [0.05, 0.1) is 18.1 Å². The SMILES string of the molecule is O=C(C1CC2C=CC1O2)N(c1ccccn1)c1ccccn1. The van der Waals surface area contributed by atoms with Crippen molar-refractivity contribution in [1.82, 2.24) is 9.97 Å². The Labute approximate surface area is 128 Å². The molecule has 1 amide bonds. The summed E-state index contributed by atoms with van der Waals surface area (Å²) < 4.78 is 5.73. The second-order valence-corrected chi connectivity index (χ2v) is 5.42. The highest BCUT2D eigenvalue weighted by Crippen LogP contribution is 2.37. The first-order valence-electron chi connectivity index (χ1n) is 7.33. The molecule has 2 aromatic rings. The molecule has 0 aromatic carbocycles. The van der Waals surface area contributed by atoms with Crippen molar-refractivity contribution in [1.29, 1.82) is 0 Å². The molecule has 2 bridgehead atoms. The van der Waals surface area contributed by atoms with Crippen LogP contribution in [0.2, 0.25) is 0 Å². The standard InChI is InChI=1S/C17H15N3O2/c21-17(13-11-12-7-8-14(13)22-12)20(15-5-1-3-9-18-15)16-6-2-4-10-19-16/h1-10,12-14H,11H2. The van der Waals surface area contributed by atoms with E-state index in [1.807, 2.05) is 48.6 Å². The van der Waals surface area contributed by atoms with Crippen molar-refractivity contribution in [3.63, 3.8) is 0 Å². The summed E-state index contributed by atoms with van der Waals surface area (Å²) in [6.45, 7) is 0. The van der Waals surface area contributed by atoms with Crippen molar-refractivity contribution in [3.05, 3.63) is 60.9 Å². The molecule has 0 saturated carbocycles. The summed E-state index contributed by atoms with van der Waals surface area (Å²) in [6, 6.07) is 11.0. The number of hydrogen-bond donors (Lipinski definition) is 0. The summed E-state index contributed by atoms with van der Waals surface area (Å²) in [6.07, 6.45) is 8.01. The molecule has 0 radical (unpaired) electrons. The minimum atomic E-state index is -0.181. The van der Waals surface area contributed by atoms with E-state index in [4.69, 9.17) is 4.74 Å². The van der Waals surface area contributed by atoms with Crippen molar-refractivity contribution < 1.29 is 9.53 Å². The van der Waals surface area contributed by atoms with Crippen LogP contribution in [0.1, 0.15) is 6.42 Å². The molecule has 1 fully saturated rings. The van der Waals surface area contributed by atoms with Crippen molar-refractivity contribution in [2.45, 2.75) is 18.6 Å². The Kier molecular flexibility index (Phi) is 3.20. The summed E-state index contributed by atoms with van der Waals surface area (Å²) in [5, 5.41) is 0. The minimum absolute atomic E-state index is 0.0192. The number of fused-ring (bicyclic) bond motifs is 2. The molecule has 3 unspecified atom stereocenters. The second-order valence-electron chi connectivity index (χ2n) is 5.42. The Balaban J connectivity index is 1.72. The molecule has 2 aliphatic rings. The first kappa shape index (κ1) is 13.2. The molecule has 5 heteroatoms. The van der Waals surface area contributed by atoms with Crippen LogP contribution >= 0.6 is 0 Å². The van der Waals surface area contributed by atoms with Crippen LogP contribution in [0.25, 0.3) is 0 Å². The van der Waals surface area contributed by atoms with Gasteiger partial charge in [-0.05, 0) is 30.7 Å². The zero-order valence-electron chi connectivity index (χ0n) is 11.9. The first-order chi connectivity index (χ1) is 10.8. The third-order valence-electron chi connectivity index (χ3n) is 4.02. The molecule has 110 valence electrons. The van der Waals surface area contributed by atoms with Crippen LogP contribution < -0.4 is 4.90 Å². The van der Waals surface area contributed by atoms with Gasteiger partial charge in [-0.15, -0.1) is 0 Å². The lowest BCUT2D eigenvalue weighted by atomic mass is 9.93. The van der Waals surface area contributed by atoms with E-state index in [9.17, 15) is 4.79 Å². The molecule has 0 spiro atoms. The molecule has 2 aliphatic heterocycles. The third-order valence-corrected chi connectivity index (χ3v) is 4.02. The van der Waals surface area contributed by atoms with Gasteiger partial charge in [0.15, 0.2) is 0 Å². The minimum Gasteiger partial charge on any atom is -0.366 e. The number of aromatic nitrogens is 2. The fraction of sp³-hybridized carbons (Fsp3) is 0.235. The lowest BCUT2D eigenvalue weighted by Crippen LogP contribution is -2.37. The molecule has 3 atom stereocenters. The zero-order chi connectivity index (χ0) is 14.9. The third kappa shape index (κ3) is 2.19. The molecule has 0 N–H and O–H groups in total. The number of pyridine rings is 2. The van der Waals surface area contributed by atoms with Crippen LogP contribution in [0.3, 0.4) is 0 Å². The van der Waals surface area contributed by atoms with Gasteiger partial charge in [0.2, 0.25) is 5.91 Å². The summed E-state index contributed by atoms with van der Waals surface area (Å²) in [4.78, 5) is 23.3. The predicted molar refractivity (Wildman–Crippen MR) is 81.5 cm³/mol. The number of hydrogen-bond acceptors (Lipinski definition) is 4. The summed E-state index contributed by atoms with van der Waals surface area (Å²) in [5.74, 6) is 0.962. The Morgan fingerprint density at radius 2 is 1.73 bits per heavy atom. The number of nitrogens with zero attached hydrogens (tertiary/aromatic N) is 3. The van der Waals surface area contributed by atoms with Gasteiger partial charge >= 0.3 is 0 Å². The maximum atomic E-state index is 13.1. The molecular weight excluding hydrogens is 278 g/mol. The van der Waals surface area contributed by atoms with E-state index in [2.05, 4.69) is 9.97 Å². The number of rotatable bonds is 3. The maximum absolute atomic E-state index is 13.1. The lowest BCUT2D eigenvalue weighted by molar-refractivity contribution is -0.122. The maximum Gasteiger partial charge on any atom is 0.240 e. The number of ether oxygens (including phenoxy) is 1. The highest BCUT2D eigenvalue weighted by molar-refractivity contribution is 6.00. The van der Waals surface area contributed by atoms with Gasteiger partial charge in [0, 0.05) is 12.4 Å². The number of anilines is 2. The average Bonchev–Trinajstić information content (AvgIpc) is 3.20. The normalized spacial score (nSPS) is 25.4. The highest BCUT2D eigenvalue weighted by Gasteiger charge is 2.43. The summed E-state index contributed by atoms with van der Waals surface area (Å²) >= 11 is 0. The summed E-state index contributed by atoms with van der Waals surface area (Å²) in [7, 11) is 0. The van der Waals surface area contributed by atoms with Crippen molar-refractivity contribution >= 4 is 17.5 Å². The molecule has 22 heavy (non-hydrogen) atoms. The van der Waals surface area contributed by atoms with Gasteiger partial charge in [-0.2, -0.15) is 0 Å². The van der Waals surface area contributed by atoms with Crippen LogP contribution in [-0.2, 0) is 9.53 Å². The van der Waals surface area contributed by atoms with E-state index in [1.165, 1.54) is 0 Å². The van der Waals surface area contributed by atoms with Gasteiger partial charge < -0.3 is 4.74 Å². The van der Waals surface area contributed by atoms with E-state index in [0.29, 0.717) is 11.6 Å². The fourth-order valence-electron chi connectivity index (χ4n) is 3.00. The predicted octanol–water partition coefficient (Wildman–Crippen LogP) is 2.48. The van der Waals surface area contributed by atoms with Crippen LogP contribution in [0.5, 0.6) is 0 Å².